The summed E-state index contributed by atoms with van der Waals surface area (Å²) >= 11 is 0. The zero-order valence-corrected chi connectivity index (χ0v) is 16.9. The summed E-state index contributed by atoms with van der Waals surface area (Å²) in [7, 11) is -0.765. The third kappa shape index (κ3) is 4.26. The predicted octanol–water partition coefficient (Wildman–Crippen LogP) is 0.0850. The Hall–Kier alpha value is -1.84. The molecule has 3 aliphatic rings. The molecule has 4 rings (SSSR count). The van der Waals surface area contributed by atoms with E-state index in [1.54, 1.807) is 14.2 Å². The second-order valence-electron chi connectivity index (χ2n) is 7.12. The molecule has 0 spiro atoms. The van der Waals surface area contributed by atoms with Crippen molar-refractivity contribution in [3.63, 3.8) is 0 Å². The van der Waals surface area contributed by atoms with Crippen molar-refractivity contribution < 1.29 is 42.9 Å². The molecule has 28 heavy (non-hydrogen) atoms. The molecule has 0 amide bonds. The standard InChI is InChI=1S/C19H24N2O2.ClH3O4/c1-22-18-8-7-12-13(19(18)23-2)9-10-21-16-6-4-3-5-14(16)15(20)11-17(12)21;2-1(3,4)5/h7-8,17,20H,3-6,9-11H2,1-2H3;2-4H/p+1. The Bertz CT molecular complexity index is 809. The van der Waals surface area contributed by atoms with Gasteiger partial charge in [-0.15, -0.1) is 0 Å². The molecule has 1 unspecified atom stereocenters. The molecule has 1 aromatic rings. The molecule has 1 aliphatic carbocycles. The van der Waals surface area contributed by atoms with E-state index in [0.717, 1.165) is 43.0 Å². The Balaban J connectivity index is 0.000000403. The number of nitrogens with zero attached hydrogens (tertiary/aromatic N) is 1. The Kier molecular flexibility index (Phi) is 6.16. The molecule has 1 fully saturated rings. The van der Waals surface area contributed by atoms with Gasteiger partial charge in [0.1, 0.15) is 6.54 Å². The number of hydrogen-bond acceptors (Lipinski definition) is 7. The SMILES string of the molecule is COc1ccc2c(c1OC)CC[N+]1=C3CCCCC3=C(N)CC21.[O-][Cl+](O)(O)O. The van der Waals surface area contributed by atoms with E-state index in [9.17, 15) is 0 Å². The molecule has 0 aromatic heterocycles. The summed E-state index contributed by atoms with van der Waals surface area (Å²) in [5.41, 5.74) is 13.2. The molecule has 5 N–H and O–H groups in total. The van der Waals surface area contributed by atoms with Crippen LogP contribution in [0.1, 0.15) is 49.3 Å². The summed E-state index contributed by atoms with van der Waals surface area (Å²) in [6.45, 7) is 1.05. The molecule has 156 valence electrons. The Morgan fingerprint density at radius 3 is 2.43 bits per heavy atom. The summed E-state index contributed by atoms with van der Waals surface area (Å²) in [6.07, 6.45) is 6.83. The van der Waals surface area contributed by atoms with Gasteiger partial charge in [0.05, 0.1) is 20.6 Å². The number of benzene rings is 1. The average molecular weight is 416 g/mol. The molecule has 0 radical (unpaired) electrons. The van der Waals surface area contributed by atoms with Crippen molar-refractivity contribution in [2.45, 2.75) is 44.6 Å². The van der Waals surface area contributed by atoms with E-state index in [1.807, 2.05) is 6.07 Å². The van der Waals surface area contributed by atoms with Gasteiger partial charge in [0.25, 0.3) is 0 Å². The van der Waals surface area contributed by atoms with Crippen molar-refractivity contribution in [3.05, 3.63) is 34.5 Å². The Morgan fingerprint density at radius 2 is 1.79 bits per heavy atom. The number of halogens is 1. The summed E-state index contributed by atoms with van der Waals surface area (Å²) < 4.78 is 44.0. The fraction of sp³-hybridized carbons (Fsp3) is 0.526. The van der Waals surface area contributed by atoms with Gasteiger partial charge in [0.2, 0.25) is 0 Å². The summed E-state index contributed by atoms with van der Waals surface area (Å²) in [5, 5.41) is 0. The Labute approximate surface area is 166 Å². The number of ether oxygens (including phenoxy) is 2. The van der Waals surface area contributed by atoms with Crippen LogP contribution in [0.15, 0.2) is 23.4 Å². The number of fused-ring (bicyclic) bond motifs is 4. The Morgan fingerprint density at radius 1 is 1.11 bits per heavy atom. The maximum absolute atomic E-state index is 8.83. The van der Waals surface area contributed by atoms with Gasteiger partial charge in [0, 0.05) is 35.2 Å². The number of nitrogens with two attached hydrogens (primary N) is 1. The van der Waals surface area contributed by atoms with E-state index in [-0.39, 0.29) is 0 Å². The van der Waals surface area contributed by atoms with Gasteiger partial charge >= 0.3 is 28.9 Å². The van der Waals surface area contributed by atoms with E-state index in [2.05, 4.69) is 10.6 Å². The van der Waals surface area contributed by atoms with E-state index in [4.69, 9.17) is 33.8 Å². The predicted molar refractivity (Wildman–Crippen MR) is 97.1 cm³/mol. The van der Waals surface area contributed by atoms with Gasteiger partial charge in [-0.1, -0.05) is 0 Å². The third-order valence-corrected chi connectivity index (χ3v) is 5.61. The van der Waals surface area contributed by atoms with Crippen molar-refractivity contribution in [1.82, 2.24) is 0 Å². The van der Waals surface area contributed by atoms with Crippen LogP contribution in [0.25, 0.3) is 0 Å². The molecule has 8 nitrogen and oxygen atoms in total. The molecule has 1 saturated carbocycles. The summed E-state index contributed by atoms with van der Waals surface area (Å²) in [6, 6.07) is 4.59. The van der Waals surface area contributed by atoms with Crippen LogP contribution >= 0.6 is 0 Å². The average Bonchev–Trinajstić information content (AvgIpc) is 2.65. The van der Waals surface area contributed by atoms with Gasteiger partial charge in [0.15, 0.2) is 23.3 Å². The van der Waals surface area contributed by atoms with E-state index < -0.39 is 10.2 Å². The molecule has 2 heterocycles. The third-order valence-electron chi connectivity index (χ3n) is 5.61. The molecule has 0 bridgehead atoms. The topological polar surface area (TPSA) is 131 Å². The number of hydrogen-bond donors (Lipinski definition) is 4. The molecular weight excluding hydrogens is 388 g/mol. The number of allylic oxidation sites excluding steroid dienone is 1. The summed E-state index contributed by atoms with van der Waals surface area (Å²) in [5.74, 6) is 1.72. The first kappa shape index (κ1) is 20.9. The number of methoxy groups -OCH3 is 2. The fourth-order valence-electron chi connectivity index (χ4n) is 4.56. The van der Waals surface area contributed by atoms with Gasteiger partial charge in [-0.3, -0.25) is 0 Å². The second-order valence-corrected chi connectivity index (χ2v) is 7.99. The molecular formula is C19H28ClN2O6+. The van der Waals surface area contributed by atoms with Crippen LogP contribution in [0, 0.1) is 10.2 Å². The van der Waals surface area contributed by atoms with Gasteiger partial charge in [-0.2, -0.15) is 0 Å². The van der Waals surface area contributed by atoms with Crippen LogP contribution in [0.2, 0.25) is 0 Å². The van der Waals surface area contributed by atoms with Crippen LogP contribution in [0.4, 0.5) is 0 Å². The molecule has 1 aromatic carbocycles. The normalized spacial score (nSPS) is 21.7. The van der Waals surface area contributed by atoms with Crippen molar-refractivity contribution in [2.75, 3.05) is 20.8 Å². The first-order valence-corrected chi connectivity index (χ1v) is 10.6. The number of rotatable bonds is 2. The van der Waals surface area contributed by atoms with Crippen LogP contribution in [0.5, 0.6) is 11.5 Å². The second kappa shape index (κ2) is 8.26. The van der Waals surface area contributed by atoms with E-state index in [1.165, 1.54) is 41.7 Å². The molecule has 9 heteroatoms. The molecule has 0 saturated heterocycles. The molecule has 1 atom stereocenters. The van der Waals surface area contributed by atoms with Crippen molar-refractivity contribution in [1.29, 1.82) is 0 Å². The first-order chi connectivity index (χ1) is 13.2. The fourth-order valence-corrected chi connectivity index (χ4v) is 4.56. The van der Waals surface area contributed by atoms with Gasteiger partial charge in [-0.05, 0) is 31.4 Å². The van der Waals surface area contributed by atoms with Crippen molar-refractivity contribution in [3.8, 4) is 11.5 Å². The first-order valence-electron chi connectivity index (χ1n) is 9.24. The van der Waals surface area contributed by atoms with Gasteiger partial charge < -0.3 is 15.2 Å². The maximum atomic E-state index is 8.83. The van der Waals surface area contributed by atoms with Crippen LogP contribution < -0.4 is 19.9 Å². The van der Waals surface area contributed by atoms with Gasteiger partial charge in [-0.25, -0.2) is 4.58 Å². The van der Waals surface area contributed by atoms with Crippen LogP contribution in [0.3, 0.4) is 0 Å². The van der Waals surface area contributed by atoms with Crippen molar-refractivity contribution >= 4 is 5.71 Å². The zero-order valence-electron chi connectivity index (χ0n) is 16.2. The van der Waals surface area contributed by atoms with E-state index >= 15 is 0 Å². The minimum atomic E-state index is -4.19. The summed E-state index contributed by atoms with van der Waals surface area (Å²) in [4.78, 5) is 0. The minimum absolute atomic E-state index is 0.357. The monoisotopic (exact) mass is 415 g/mol. The van der Waals surface area contributed by atoms with E-state index in [0.29, 0.717) is 6.04 Å². The zero-order chi connectivity index (χ0) is 20.5. The van der Waals surface area contributed by atoms with Crippen molar-refractivity contribution in [2.24, 2.45) is 5.73 Å². The quantitative estimate of drug-likeness (QED) is 0.503. The molecule has 2 aliphatic heterocycles. The van der Waals surface area contributed by atoms with Crippen LogP contribution in [-0.4, -0.2) is 45.0 Å². The van der Waals surface area contributed by atoms with Crippen LogP contribution in [-0.2, 0) is 6.42 Å².